The van der Waals surface area contributed by atoms with Crippen molar-refractivity contribution in [1.29, 1.82) is 0 Å². The van der Waals surface area contributed by atoms with E-state index in [9.17, 15) is 0 Å². The average molecular weight is 199 g/mol. The molecule has 0 aromatic rings. The molecule has 2 fully saturated rings. The molecule has 0 aromatic heterocycles. The van der Waals surface area contributed by atoms with Crippen LogP contribution in [0.25, 0.3) is 0 Å². The molecule has 1 saturated carbocycles. The molecule has 0 spiro atoms. The zero-order valence-corrected chi connectivity index (χ0v) is 10.8. The van der Waals surface area contributed by atoms with Gasteiger partial charge in [0, 0.05) is 13.1 Å². The van der Waals surface area contributed by atoms with E-state index in [1.165, 1.54) is 38.9 Å². The minimum atomic E-state index is 0.971. The fourth-order valence-corrected chi connectivity index (χ4v) is 1.86. The van der Waals surface area contributed by atoms with Gasteiger partial charge in [0.15, 0.2) is 0 Å². The Kier molecular flexibility index (Phi) is 8.26. The second-order valence-electron chi connectivity index (χ2n) is 4.10. The van der Waals surface area contributed by atoms with Gasteiger partial charge in [-0.3, -0.25) is 0 Å². The molecule has 1 saturated heterocycles. The zero-order valence-electron chi connectivity index (χ0n) is 10.8. The zero-order chi connectivity index (χ0) is 11.0. The maximum atomic E-state index is 2.64. The van der Waals surface area contributed by atoms with Gasteiger partial charge in [0.25, 0.3) is 0 Å². The SMILES string of the molecule is CC.CC.CC1CCN(CC2CC2)C1. The van der Waals surface area contributed by atoms with Gasteiger partial charge in [-0.25, -0.2) is 0 Å². The molecule has 1 unspecified atom stereocenters. The predicted octanol–water partition coefficient (Wildman–Crippen LogP) is 3.79. The van der Waals surface area contributed by atoms with Gasteiger partial charge in [-0.2, -0.15) is 0 Å². The largest absolute Gasteiger partial charge is 0.303 e. The van der Waals surface area contributed by atoms with E-state index in [4.69, 9.17) is 0 Å². The molecule has 0 amide bonds. The van der Waals surface area contributed by atoms with Gasteiger partial charge in [-0.05, 0) is 37.6 Å². The highest BCUT2D eigenvalue weighted by molar-refractivity contribution is 4.81. The summed E-state index contributed by atoms with van der Waals surface area (Å²) in [5.41, 5.74) is 0. The second-order valence-corrected chi connectivity index (χ2v) is 4.10. The van der Waals surface area contributed by atoms with Gasteiger partial charge in [-0.1, -0.05) is 34.6 Å². The Labute approximate surface area is 90.9 Å². The summed E-state index contributed by atoms with van der Waals surface area (Å²) in [7, 11) is 0. The van der Waals surface area contributed by atoms with E-state index in [1.54, 1.807) is 0 Å². The van der Waals surface area contributed by atoms with E-state index in [-0.39, 0.29) is 0 Å². The first-order valence-corrected chi connectivity index (χ1v) is 6.57. The molecule has 1 aliphatic heterocycles. The summed E-state index contributed by atoms with van der Waals surface area (Å²) in [5.74, 6) is 2.06. The molecular formula is C13H29N. The van der Waals surface area contributed by atoms with Crippen LogP contribution in [-0.4, -0.2) is 24.5 Å². The standard InChI is InChI=1S/C9H17N.2C2H6/c1-8-4-5-10(6-8)7-9-2-3-9;2*1-2/h8-9H,2-7H2,1H3;2*1-2H3. The Balaban J connectivity index is 0.000000379. The van der Waals surface area contributed by atoms with Gasteiger partial charge in [0.1, 0.15) is 0 Å². The van der Waals surface area contributed by atoms with E-state index in [0.717, 1.165) is 11.8 Å². The number of hydrogen-bond donors (Lipinski definition) is 0. The molecule has 1 nitrogen and oxygen atoms in total. The van der Waals surface area contributed by atoms with Crippen LogP contribution in [0.2, 0.25) is 0 Å². The monoisotopic (exact) mass is 199 g/mol. The summed E-state index contributed by atoms with van der Waals surface area (Å²) in [5, 5.41) is 0. The topological polar surface area (TPSA) is 3.24 Å². The van der Waals surface area contributed by atoms with Crippen LogP contribution in [0.15, 0.2) is 0 Å². The third-order valence-corrected chi connectivity index (χ3v) is 2.72. The Morgan fingerprint density at radius 2 is 1.57 bits per heavy atom. The second kappa shape index (κ2) is 8.28. The highest BCUT2D eigenvalue weighted by Gasteiger charge is 2.27. The molecule has 14 heavy (non-hydrogen) atoms. The number of hydrogen-bond acceptors (Lipinski definition) is 1. The normalized spacial score (nSPS) is 25.9. The summed E-state index contributed by atoms with van der Waals surface area (Å²) in [6.07, 6.45) is 4.45. The van der Waals surface area contributed by atoms with Crippen LogP contribution in [-0.2, 0) is 0 Å². The van der Waals surface area contributed by atoms with Gasteiger partial charge in [0.2, 0.25) is 0 Å². The fourth-order valence-electron chi connectivity index (χ4n) is 1.86. The van der Waals surface area contributed by atoms with E-state index in [1.807, 2.05) is 27.7 Å². The van der Waals surface area contributed by atoms with E-state index < -0.39 is 0 Å². The summed E-state index contributed by atoms with van der Waals surface area (Å²) in [6.45, 7) is 14.5. The van der Waals surface area contributed by atoms with Crippen LogP contribution in [0.4, 0.5) is 0 Å². The maximum absolute atomic E-state index is 2.64. The van der Waals surface area contributed by atoms with Crippen LogP contribution in [0.1, 0.15) is 53.9 Å². The highest BCUT2D eigenvalue weighted by atomic mass is 15.1. The molecule has 86 valence electrons. The Morgan fingerprint density at radius 3 is 1.93 bits per heavy atom. The van der Waals surface area contributed by atoms with E-state index >= 15 is 0 Å². The van der Waals surface area contributed by atoms with Gasteiger partial charge >= 0.3 is 0 Å². The molecule has 1 heterocycles. The van der Waals surface area contributed by atoms with Crippen LogP contribution in [0.3, 0.4) is 0 Å². The Morgan fingerprint density at radius 1 is 1.00 bits per heavy atom. The average Bonchev–Trinajstić information content (AvgIpc) is 2.96. The summed E-state index contributed by atoms with van der Waals surface area (Å²) in [4.78, 5) is 2.64. The van der Waals surface area contributed by atoms with Crippen molar-refractivity contribution in [3.8, 4) is 0 Å². The van der Waals surface area contributed by atoms with Crippen LogP contribution < -0.4 is 0 Å². The number of rotatable bonds is 2. The van der Waals surface area contributed by atoms with Gasteiger partial charge in [-0.15, -0.1) is 0 Å². The fraction of sp³-hybridized carbons (Fsp3) is 1.00. The van der Waals surface area contributed by atoms with Crippen molar-refractivity contribution in [2.45, 2.75) is 53.9 Å². The van der Waals surface area contributed by atoms with Crippen molar-refractivity contribution < 1.29 is 0 Å². The van der Waals surface area contributed by atoms with Crippen molar-refractivity contribution in [3.63, 3.8) is 0 Å². The minimum Gasteiger partial charge on any atom is -0.303 e. The molecule has 0 N–H and O–H groups in total. The smallest absolute Gasteiger partial charge is 0.000978 e. The number of likely N-dealkylation sites (tertiary alicyclic amines) is 1. The summed E-state index contributed by atoms with van der Waals surface area (Å²) < 4.78 is 0. The Hall–Kier alpha value is -0.0400. The van der Waals surface area contributed by atoms with Gasteiger partial charge < -0.3 is 4.90 Å². The maximum Gasteiger partial charge on any atom is 0.000978 e. The van der Waals surface area contributed by atoms with Crippen molar-refractivity contribution in [3.05, 3.63) is 0 Å². The van der Waals surface area contributed by atoms with Crippen molar-refractivity contribution >= 4 is 0 Å². The molecule has 0 bridgehead atoms. The third-order valence-electron chi connectivity index (χ3n) is 2.72. The molecule has 2 aliphatic rings. The molecule has 0 radical (unpaired) electrons. The molecule has 0 aromatic carbocycles. The highest BCUT2D eigenvalue weighted by Crippen LogP contribution is 2.31. The predicted molar refractivity (Wildman–Crippen MR) is 65.6 cm³/mol. The lowest BCUT2D eigenvalue weighted by atomic mass is 10.2. The third kappa shape index (κ3) is 5.64. The van der Waals surface area contributed by atoms with Crippen molar-refractivity contribution in [2.75, 3.05) is 19.6 Å². The van der Waals surface area contributed by atoms with Crippen molar-refractivity contribution in [1.82, 2.24) is 4.90 Å². The summed E-state index contributed by atoms with van der Waals surface area (Å²) >= 11 is 0. The minimum absolute atomic E-state index is 0.971. The molecule has 1 atom stereocenters. The molecule has 1 aliphatic carbocycles. The first-order valence-electron chi connectivity index (χ1n) is 6.57. The van der Waals surface area contributed by atoms with Crippen molar-refractivity contribution in [2.24, 2.45) is 11.8 Å². The first-order chi connectivity index (χ1) is 6.84. The number of nitrogens with zero attached hydrogens (tertiary/aromatic N) is 1. The van der Waals surface area contributed by atoms with E-state index in [0.29, 0.717) is 0 Å². The lowest BCUT2D eigenvalue weighted by Gasteiger charge is -2.13. The van der Waals surface area contributed by atoms with Gasteiger partial charge in [0.05, 0.1) is 0 Å². The van der Waals surface area contributed by atoms with Crippen LogP contribution >= 0.6 is 0 Å². The quantitative estimate of drug-likeness (QED) is 0.654. The van der Waals surface area contributed by atoms with Crippen LogP contribution in [0.5, 0.6) is 0 Å². The molecule has 1 heteroatoms. The van der Waals surface area contributed by atoms with Crippen LogP contribution in [0, 0.1) is 11.8 Å². The first kappa shape index (κ1) is 14.0. The summed E-state index contributed by atoms with van der Waals surface area (Å²) in [6, 6.07) is 0. The molecule has 2 rings (SSSR count). The molecular weight excluding hydrogens is 170 g/mol. The Bertz CT molecular complexity index is 118. The lowest BCUT2D eigenvalue weighted by molar-refractivity contribution is 0.314. The lowest BCUT2D eigenvalue weighted by Crippen LogP contribution is -2.22. The van der Waals surface area contributed by atoms with E-state index in [2.05, 4.69) is 11.8 Å².